The number of unbranched alkanes of at least 4 members (excludes halogenated alkanes) is 20. The molecular weight excluding hydrogens is 553 g/mol. The van der Waals surface area contributed by atoms with Crippen LogP contribution in [-0.4, -0.2) is 43.3 Å². The van der Waals surface area contributed by atoms with E-state index >= 15 is 0 Å². The van der Waals surface area contributed by atoms with Crippen LogP contribution in [0, 0.1) is 0 Å². The highest BCUT2D eigenvalue weighted by Gasteiger charge is 2.25. The molecule has 42 heavy (non-hydrogen) atoms. The maximum absolute atomic E-state index is 12.4. The van der Waals surface area contributed by atoms with E-state index in [1.807, 2.05) is 6.08 Å². The van der Waals surface area contributed by atoms with Gasteiger partial charge in [0.1, 0.15) is 6.61 Å². The van der Waals surface area contributed by atoms with Crippen LogP contribution in [0.1, 0.15) is 162 Å². The van der Waals surface area contributed by atoms with Crippen molar-refractivity contribution >= 4 is 13.8 Å². The highest BCUT2D eigenvalue weighted by atomic mass is 31.2. The lowest BCUT2D eigenvalue weighted by Gasteiger charge is -2.19. The Morgan fingerprint density at radius 2 is 1.19 bits per heavy atom. The number of phosphoric ester groups is 1. The summed E-state index contributed by atoms with van der Waals surface area (Å²) in [5, 5.41) is 0. The predicted molar refractivity (Wildman–Crippen MR) is 173 cm³/mol. The van der Waals surface area contributed by atoms with Crippen LogP contribution in [-0.2, 0) is 27.9 Å². The van der Waals surface area contributed by atoms with Crippen LogP contribution >= 0.6 is 7.82 Å². The number of esters is 1. The van der Waals surface area contributed by atoms with Gasteiger partial charge in [-0.1, -0.05) is 136 Å². The normalized spacial score (nSPS) is 13.8. The lowest BCUT2D eigenvalue weighted by molar-refractivity contribution is -0.153. The number of ether oxygens (including phenoxy) is 2. The minimum absolute atomic E-state index is 0.0370. The number of allylic oxidation sites excluding steroid dienone is 1. The summed E-state index contributed by atoms with van der Waals surface area (Å²) in [6.45, 7) is 4.21. The Hall–Kier alpha value is -0.920. The highest BCUT2D eigenvalue weighted by molar-refractivity contribution is 7.47. The number of rotatable bonds is 33. The molecule has 0 rings (SSSR count). The van der Waals surface area contributed by atoms with Crippen LogP contribution in [0.5, 0.6) is 0 Å². The molecule has 0 fully saturated rings. The first kappa shape index (κ1) is 41.1. The van der Waals surface area contributed by atoms with Crippen molar-refractivity contribution in [3.63, 3.8) is 0 Å². The molecule has 0 saturated carbocycles. The molecule has 0 aliphatic heterocycles. The van der Waals surface area contributed by atoms with Crippen molar-refractivity contribution in [1.82, 2.24) is 0 Å². The van der Waals surface area contributed by atoms with E-state index in [-0.39, 0.29) is 32.3 Å². The van der Waals surface area contributed by atoms with E-state index in [4.69, 9.17) is 24.3 Å². The van der Waals surface area contributed by atoms with E-state index in [2.05, 4.69) is 13.8 Å². The van der Waals surface area contributed by atoms with Crippen LogP contribution in [0.25, 0.3) is 0 Å². The third kappa shape index (κ3) is 30.5. The molecule has 0 spiro atoms. The second-order valence-electron chi connectivity index (χ2n) is 11.5. The van der Waals surface area contributed by atoms with Crippen molar-refractivity contribution in [2.24, 2.45) is 5.73 Å². The molecule has 0 aliphatic rings. The van der Waals surface area contributed by atoms with Gasteiger partial charge in [-0.25, -0.2) is 4.57 Å². The number of phosphoric acid groups is 1. The van der Waals surface area contributed by atoms with Crippen LogP contribution < -0.4 is 5.73 Å². The van der Waals surface area contributed by atoms with Crippen molar-refractivity contribution < 1.29 is 32.8 Å². The average molecular weight is 620 g/mol. The van der Waals surface area contributed by atoms with E-state index in [1.54, 1.807) is 6.26 Å². The molecular formula is C33H66NO7P. The van der Waals surface area contributed by atoms with Crippen molar-refractivity contribution in [2.45, 2.75) is 168 Å². The zero-order valence-electron chi connectivity index (χ0n) is 27.2. The standard InChI is InChI=1S/C33H66NO7P/c1-3-5-7-9-11-13-14-15-16-17-19-21-23-25-28-38-30-32(31-40-42(36,37)39-29-27-34)41-33(35)26-24-22-20-18-12-10-8-6-4-2/h25,28,32H,3-24,26-27,29-31,34H2,1-2H3,(H,36,37)/b28-25+/t32-/m1/s1. The summed E-state index contributed by atoms with van der Waals surface area (Å²) < 4.78 is 32.9. The maximum atomic E-state index is 12.4. The molecule has 0 aliphatic carbocycles. The quantitative estimate of drug-likeness (QED) is 0.0323. The summed E-state index contributed by atoms with van der Waals surface area (Å²) in [6, 6.07) is 0. The van der Waals surface area contributed by atoms with Crippen molar-refractivity contribution in [1.29, 1.82) is 0 Å². The maximum Gasteiger partial charge on any atom is 0.472 e. The molecule has 0 heterocycles. The predicted octanol–water partition coefficient (Wildman–Crippen LogP) is 9.53. The van der Waals surface area contributed by atoms with Gasteiger partial charge in [0.05, 0.1) is 19.5 Å². The molecule has 2 atom stereocenters. The first-order valence-electron chi connectivity index (χ1n) is 17.2. The molecule has 0 saturated heterocycles. The smallest absolute Gasteiger partial charge is 0.472 e. The van der Waals surface area contributed by atoms with Gasteiger partial charge in [0.15, 0.2) is 6.10 Å². The monoisotopic (exact) mass is 619 g/mol. The molecule has 9 heteroatoms. The topological polar surface area (TPSA) is 117 Å². The van der Waals surface area contributed by atoms with Gasteiger partial charge in [-0.15, -0.1) is 0 Å². The van der Waals surface area contributed by atoms with Crippen molar-refractivity contribution in [3.8, 4) is 0 Å². The second kappa shape index (κ2) is 31.5. The van der Waals surface area contributed by atoms with Crippen LogP contribution in [0.3, 0.4) is 0 Å². The summed E-state index contributed by atoms with van der Waals surface area (Å²) in [6.07, 6.45) is 30.3. The Balaban J connectivity index is 4.16. The zero-order valence-corrected chi connectivity index (χ0v) is 28.1. The van der Waals surface area contributed by atoms with Crippen LogP contribution in [0.2, 0.25) is 0 Å². The fraction of sp³-hybridized carbons (Fsp3) is 0.909. The van der Waals surface area contributed by atoms with Gasteiger partial charge in [-0.2, -0.15) is 0 Å². The molecule has 0 aromatic rings. The average Bonchev–Trinajstić information content (AvgIpc) is 2.97. The van der Waals surface area contributed by atoms with E-state index in [1.165, 1.54) is 109 Å². The Morgan fingerprint density at radius 1 is 0.714 bits per heavy atom. The minimum atomic E-state index is -4.27. The first-order chi connectivity index (χ1) is 20.4. The molecule has 0 amide bonds. The Morgan fingerprint density at radius 3 is 1.69 bits per heavy atom. The molecule has 0 aromatic heterocycles. The molecule has 8 nitrogen and oxygen atoms in total. The van der Waals surface area contributed by atoms with Crippen LogP contribution in [0.4, 0.5) is 0 Å². The highest BCUT2D eigenvalue weighted by Crippen LogP contribution is 2.43. The van der Waals surface area contributed by atoms with Gasteiger partial charge in [0.25, 0.3) is 0 Å². The number of hydrogen-bond acceptors (Lipinski definition) is 7. The zero-order chi connectivity index (χ0) is 31.0. The number of carbonyl (C=O) groups excluding carboxylic acids is 1. The summed E-state index contributed by atoms with van der Waals surface area (Å²) in [7, 11) is -4.27. The summed E-state index contributed by atoms with van der Waals surface area (Å²) in [5.74, 6) is -0.355. The third-order valence-corrected chi connectivity index (χ3v) is 8.26. The fourth-order valence-corrected chi connectivity index (χ4v) is 5.49. The Kier molecular flexibility index (Phi) is 30.8. The van der Waals surface area contributed by atoms with Gasteiger partial charge in [0, 0.05) is 13.0 Å². The number of nitrogens with two attached hydrogens (primary N) is 1. The molecule has 3 N–H and O–H groups in total. The van der Waals surface area contributed by atoms with Crippen LogP contribution in [0.15, 0.2) is 12.3 Å². The SMILES string of the molecule is CCCCCCCCCCCCCC/C=C/OC[C@H](COP(=O)(O)OCCN)OC(=O)CCCCCCCCCCC. The molecule has 0 bridgehead atoms. The molecule has 1 unspecified atom stereocenters. The fourth-order valence-electron chi connectivity index (χ4n) is 4.73. The largest absolute Gasteiger partial charge is 0.498 e. The van der Waals surface area contributed by atoms with Gasteiger partial charge in [-0.3, -0.25) is 13.8 Å². The lowest BCUT2D eigenvalue weighted by atomic mass is 10.0. The summed E-state index contributed by atoms with van der Waals surface area (Å²) in [5.41, 5.74) is 5.33. The van der Waals surface area contributed by atoms with Gasteiger partial charge >= 0.3 is 13.8 Å². The summed E-state index contributed by atoms with van der Waals surface area (Å²) in [4.78, 5) is 22.2. The second-order valence-corrected chi connectivity index (χ2v) is 12.9. The Bertz CT molecular complexity index is 662. The Labute approximate surface area is 258 Å². The minimum Gasteiger partial charge on any atom is -0.498 e. The van der Waals surface area contributed by atoms with Crippen molar-refractivity contribution in [2.75, 3.05) is 26.4 Å². The van der Waals surface area contributed by atoms with Gasteiger partial charge < -0.3 is 20.1 Å². The molecule has 0 aromatic carbocycles. The first-order valence-corrected chi connectivity index (χ1v) is 18.7. The van der Waals surface area contributed by atoms with E-state index in [0.717, 1.165) is 32.1 Å². The summed E-state index contributed by atoms with van der Waals surface area (Å²) >= 11 is 0. The third-order valence-electron chi connectivity index (χ3n) is 7.28. The van der Waals surface area contributed by atoms with E-state index in [0.29, 0.717) is 6.42 Å². The van der Waals surface area contributed by atoms with Gasteiger partial charge in [0.2, 0.25) is 0 Å². The van der Waals surface area contributed by atoms with E-state index < -0.39 is 13.9 Å². The number of carbonyl (C=O) groups is 1. The van der Waals surface area contributed by atoms with E-state index in [9.17, 15) is 14.3 Å². The number of hydrogen-bond donors (Lipinski definition) is 2. The molecule has 0 radical (unpaired) electrons. The molecule has 250 valence electrons. The van der Waals surface area contributed by atoms with Gasteiger partial charge in [-0.05, 0) is 25.3 Å². The van der Waals surface area contributed by atoms with Crippen molar-refractivity contribution in [3.05, 3.63) is 12.3 Å². The lowest BCUT2D eigenvalue weighted by Crippen LogP contribution is -2.27.